The van der Waals surface area contributed by atoms with Gasteiger partial charge in [-0.2, -0.15) is 9.94 Å². The van der Waals surface area contributed by atoms with Crippen molar-refractivity contribution in [2.45, 2.75) is 31.5 Å². The molecule has 3 N–H and O–H groups in total. The number of aromatic amines is 1. The molecule has 10 heteroatoms. The molecule has 1 atom stereocenters. The number of tetrazole rings is 1. The summed E-state index contributed by atoms with van der Waals surface area (Å²) in [6.45, 7) is 4.82. The van der Waals surface area contributed by atoms with Gasteiger partial charge in [-0.25, -0.2) is 8.42 Å². The quantitative estimate of drug-likeness (QED) is 0.654. The fourth-order valence-electron chi connectivity index (χ4n) is 1.54. The summed E-state index contributed by atoms with van der Waals surface area (Å²) in [5.74, 6) is 0.812. The van der Waals surface area contributed by atoms with Crippen molar-refractivity contribution in [2.24, 2.45) is 0 Å². The normalized spacial score (nSPS) is 13.5. The molecule has 1 unspecified atom stereocenters. The number of sulfonamides is 1. The number of nitrogens with zero attached hydrogens (tertiary/aromatic N) is 3. The van der Waals surface area contributed by atoms with Crippen molar-refractivity contribution >= 4 is 10.0 Å². The first-order valence-electron chi connectivity index (χ1n) is 6.08. The van der Waals surface area contributed by atoms with E-state index >= 15 is 0 Å². The minimum absolute atomic E-state index is 0.138. The van der Waals surface area contributed by atoms with Crippen molar-refractivity contribution in [1.29, 1.82) is 0 Å². The minimum Gasteiger partial charge on any atom is -0.447 e. The van der Waals surface area contributed by atoms with Gasteiger partial charge in [0, 0.05) is 0 Å². The van der Waals surface area contributed by atoms with Crippen LogP contribution in [0.5, 0.6) is 0 Å². The molecule has 20 heavy (non-hydrogen) atoms. The van der Waals surface area contributed by atoms with Crippen LogP contribution < -0.4 is 10.0 Å². The second-order valence-electron chi connectivity index (χ2n) is 4.11. The molecule has 0 radical (unpaired) electrons. The summed E-state index contributed by atoms with van der Waals surface area (Å²) >= 11 is 0. The van der Waals surface area contributed by atoms with Crippen LogP contribution in [0.15, 0.2) is 21.6 Å². The van der Waals surface area contributed by atoms with Crippen molar-refractivity contribution in [2.75, 3.05) is 6.54 Å². The van der Waals surface area contributed by atoms with E-state index in [0.29, 0.717) is 12.3 Å². The lowest BCUT2D eigenvalue weighted by molar-refractivity contribution is 0.399. The van der Waals surface area contributed by atoms with Crippen molar-refractivity contribution in [3.05, 3.63) is 23.7 Å². The predicted octanol–water partition coefficient (Wildman–Crippen LogP) is -0.0583. The molecule has 0 aliphatic carbocycles. The van der Waals surface area contributed by atoms with Crippen molar-refractivity contribution < 1.29 is 12.8 Å². The fraction of sp³-hybridized carbons (Fsp3) is 0.500. The van der Waals surface area contributed by atoms with Crippen molar-refractivity contribution in [3.63, 3.8) is 0 Å². The van der Waals surface area contributed by atoms with Gasteiger partial charge in [-0.05, 0) is 25.6 Å². The summed E-state index contributed by atoms with van der Waals surface area (Å²) in [5, 5.41) is 16.0. The third-order valence-corrected chi connectivity index (χ3v) is 3.95. The molecule has 2 aromatic rings. The molecule has 0 aliphatic rings. The van der Waals surface area contributed by atoms with Crippen LogP contribution in [0.25, 0.3) is 0 Å². The molecule has 0 bridgehead atoms. The number of furan rings is 1. The highest BCUT2D eigenvalue weighted by Gasteiger charge is 2.23. The Bertz CT molecular complexity index is 636. The molecule has 2 rings (SSSR count). The number of hydrogen-bond acceptors (Lipinski definition) is 7. The zero-order valence-corrected chi connectivity index (χ0v) is 11.9. The maximum atomic E-state index is 12.1. The summed E-state index contributed by atoms with van der Waals surface area (Å²) < 4.78 is 31.9. The van der Waals surface area contributed by atoms with Gasteiger partial charge in [0.05, 0.1) is 12.6 Å². The summed E-state index contributed by atoms with van der Waals surface area (Å²) in [6.07, 6.45) is 0. The highest BCUT2D eigenvalue weighted by Crippen LogP contribution is 2.16. The molecule has 0 saturated heterocycles. The smallest absolute Gasteiger partial charge is 0.274 e. The van der Waals surface area contributed by atoms with Crippen LogP contribution >= 0.6 is 0 Å². The Morgan fingerprint density at radius 3 is 2.90 bits per heavy atom. The Hall–Kier alpha value is -1.78. The van der Waals surface area contributed by atoms with Crippen molar-refractivity contribution in [3.8, 4) is 0 Å². The van der Waals surface area contributed by atoms with E-state index in [4.69, 9.17) is 4.42 Å². The summed E-state index contributed by atoms with van der Waals surface area (Å²) in [5.41, 5.74) is 0. The molecule has 0 spiro atoms. The van der Waals surface area contributed by atoms with Gasteiger partial charge in [0.2, 0.25) is 5.09 Å². The first kappa shape index (κ1) is 14.6. The van der Waals surface area contributed by atoms with Gasteiger partial charge in [0.1, 0.15) is 5.76 Å². The second kappa shape index (κ2) is 6.11. The lowest BCUT2D eigenvalue weighted by atomic mass is 10.4. The maximum Gasteiger partial charge on any atom is 0.274 e. The zero-order valence-electron chi connectivity index (χ0n) is 11.1. The van der Waals surface area contributed by atoms with E-state index in [-0.39, 0.29) is 10.9 Å². The third-order valence-electron chi connectivity index (χ3n) is 2.53. The van der Waals surface area contributed by atoms with Gasteiger partial charge in [0.15, 0.2) is 5.82 Å². The monoisotopic (exact) mass is 300 g/mol. The van der Waals surface area contributed by atoms with Crippen LogP contribution in [0.3, 0.4) is 0 Å². The van der Waals surface area contributed by atoms with E-state index in [1.54, 1.807) is 13.0 Å². The summed E-state index contributed by atoms with van der Waals surface area (Å²) in [7, 11) is -3.76. The van der Waals surface area contributed by atoms with E-state index in [2.05, 4.69) is 30.7 Å². The van der Waals surface area contributed by atoms with E-state index in [0.717, 1.165) is 6.54 Å². The van der Waals surface area contributed by atoms with E-state index in [1.807, 2.05) is 6.92 Å². The highest BCUT2D eigenvalue weighted by atomic mass is 32.2. The molecule has 110 valence electrons. The molecular formula is C10H16N6O3S. The lowest BCUT2D eigenvalue weighted by Crippen LogP contribution is -2.27. The predicted molar refractivity (Wildman–Crippen MR) is 69.0 cm³/mol. The average molecular weight is 300 g/mol. The maximum absolute atomic E-state index is 12.1. The third kappa shape index (κ3) is 3.40. The molecule has 0 amide bonds. The molecule has 0 aliphatic heterocycles. The molecule has 0 fully saturated rings. The highest BCUT2D eigenvalue weighted by molar-refractivity contribution is 7.89. The fourth-order valence-corrected chi connectivity index (χ4v) is 2.69. The minimum atomic E-state index is -3.76. The molecular weight excluding hydrogens is 284 g/mol. The first-order chi connectivity index (χ1) is 9.53. The van der Waals surface area contributed by atoms with Crippen LogP contribution in [-0.2, 0) is 16.6 Å². The Labute approximate surface area is 116 Å². The largest absolute Gasteiger partial charge is 0.447 e. The standard InChI is InChI=1S/C10H16N6O3S/c1-3-11-6-8-4-5-9(19-8)20(17,18)14-7(2)10-12-15-16-13-10/h4-5,7,11,14H,3,6H2,1-2H3,(H,12,13,15,16). The summed E-state index contributed by atoms with van der Waals surface area (Å²) in [4.78, 5) is 0. The molecule has 2 aromatic heterocycles. The van der Waals surface area contributed by atoms with Gasteiger partial charge in [-0.3, -0.25) is 0 Å². The molecule has 9 nitrogen and oxygen atoms in total. The molecule has 2 heterocycles. The van der Waals surface area contributed by atoms with Gasteiger partial charge in [-0.1, -0.05) is 12.1 Å². The van der Waals surface area contributed by atoms with Crippen LogP contribution in [0, 0.1) is 0 Å². The molecule has 0 aromatic carbocycles. The SMILES string of the molecule is CCNCc1ccc(S(=O)(=O)NC(C)c2nn[nH]n2)o1. The van der Waals surface area contributed by atoms with Gasteiger partial charge >= 0.3 is 0 Å². The molecule has 0 saturated carbocycles. The Balaban J connectivity index is 2.08. The number of aromatic nitrogens is 4. The summed E-state index contributed by atoms with van der Waals surface area (Å²) in [6, 6.07) is 2.43. The topological polar surface area (TPSA) is 126 Å². The average Bonchev–Trinajstić information content (AvgIpc) is 3.07. The lowest BCUT2D eigenvalue weighted by Gasteiger charge is -2.08. The van der Waals surface area contributed by atoms with Crippen molar-refractivity contribution in [1.82, 2.24) is 30.7 Å². The van der Waals surface area contributed by atoms with Gasteiger partial charge < -0.3 is 9.73 Å². The Morgan fingerprint density at radius 2 is 2.25 bits per heavy atom. The van der Waals surface area contributed by atoms with Gasteiger partial charge in [-0.15, -0.1) is 10.2 Å². The Morgan fingerprint density at radius 1 is 1.45 bits per heavy atom. The van der Waals surface area contributed by atoms with Crippen LogP contribution in [0.1, 0.15) is 31.5 Å². The van der Waals surface area contributed by atoms with E-state index < -0.39 is 16.1 Å². The van der Waals surface area contributed by atoms with E-state index in [9.17, 15) is 8.42 Å². The number of hydrogen-bond donors (Lipinski definition) is 3. The Kier molecular flexibility index (Phi) is 4.47. The number of nitrogens with one attached hydrogen (secondary N) is 3. The number of H-pyrrole nitrogens is 1. The number of rotatable bonds is 7. The van der Waals surface area contributed by atoms with Gasteiger partial charge in [0.25, 0.3) is 10.0 Å². The first-order valence-corrected chi connectivity index (χ1v) is 7.56. The van der Waals surface area contributed by atoms with Crippen LogP contribution in [-0.4, -0.2) is 35.6 Å². The zero-order chi connectivity index (χ0) is 14.6. The van der Waals surface area contributed by atoms with E-state index in [1.165, 1.54) is 6.07 Å². The van der Waals surface area contributed by atoms with Crippen LogP contribution in [0.4, 0.5) is 0 Å². The van der Waals surface area contributed by atoms with Crippen LogP contribution in [0.2, 0.25) is 0 Å². The second-order valence-corrected chi connectivity index (χ2v) is 5.76.